The number of benzene rings is 1. The maximum atomic E-state index is 5.80. The summed E-state index contributed by atoms with van der Waals surface area (Å²) >= 11 is 5.80. The number of aromatic nitrogens is 2. The Morgan fingerprint density at radius 1 is 1.19 bits per heavy atom. The molecule has 2 aromatic rings. The fraction of sp³-hybridized carbons (Fsp3) is 0.400. The van der Waals surface area contributed by atoms with Crippen LogP contribution in [0.4, 0.5) is 11.5 Å². The summed E-state index contributed by atoms with van der Waals surface area (Å²) in [7, 11) is 0. The number of para-hydroxylation sites is 1. The standard InChI is InChI=1S/C20H24N6S/c1-13(2)22-24-19-12-16-17(23-25-19)11-15-9-6-10-18(16)26(15)20(27)21-14-7-4-3-5-8-14/h3-5,7-8,12,15,18H,6,9-11H2,1-2H3,(H,21,27)(H,24,25). The number of hydrogen-bond donors (Lipinski definition) is 2. The summed E-state index contributed by atoms with van der Waals surface area (Å²) in [6.07, 6.45) is 4.29. The van der Waals surface area contributed by atoms with Crippen LogP contribution in [0.3, 0.4) is 0 Å². The van der Waals surface area contributed by atoms with Gasteiger partial charge in [-0.25, -0.2) is 0 Å². The Hall–Kier alpha value is -2.54. The van der Waals surface area contributed by atoms with Gasteiger partial charge in [0.05, 0.1) is 11.7 Å². The smallest absolute Gasteiger partial charge is 0.174 e. The van der Waals surface area contributed by atoms with Gasteiger partial charge in [0.25, 0.3) is 0 Å². The average Bonchev–Trinajstić information content (AvgIpc) is 2.67. The molecule has 2 aliphatic heterocycles. The first-order valence-corrected chi connectivity index (χ1v) is 9.80. The Kier molecular flexibility index (Phi) is 5.03. The molecule has 1 saturated heterocycles. The molecule has 0 amide bonds. The van der Waals surface area contributed by atoms with Crippen LogP contribution in [0.2, 0.25) is 0 Å². The third-order valence-corrected chi connectivity index (χ3v) is 5.40. The van der Waals surface area contributed by atoms with Crippen molar-refractivity contribution in [3.63, 3.8) is 0 Å². The second kappa shape index (κ2) is 7.60. The lowest BCUT2D eigenvalue weighted by Gasteiger charge is -2.47. The summed E-state index contributed by atoms with van der Waals surface area (Å²) in [4.78, 5) is 2.37. The first-order chi connectivity index (χ1) is 13.1. The molecule has 7 heteroatoms. The quantitative estimate of drug-likeness (QED) is 0.474. The number of anilines is 2. The normalized spacial score (nSPS) is 20.4. The number of piperidine rings is 1. The largest absolute Gasteiger partial charge is 0.339 e. The zero-order chi connectivity index (χ0) is 18.8. The molecule has 140 valence electrons. The molecule has 4 rings (SSSR count). The summed E-state index contributed by atoms with van der Waals surface area (Å²) in [6.45, 7) is 3.89. The van der Waals surface area contributed by atoms with Gasteiger partial charge in [-0.2, -0.15) is 10.2 Å². The van der Waals surface area contributed by atoms with Crippen LogP contribution in [-0.2, 0) is 6.42 Å². The highest BCUT2D eigenvalue weighted by atomic mass is 32.1. The summed E-state index contributed by atoms with van der Waals surface area (Å²) in [5.74, 6) is 0.681. The Labute approximate surface area is 165 Å². The number of hydrazone groups is 1. The van der Waals surface area contributed by atoms with E-state index in [1.165, 1.54) is 12.0 Å². The van der Waals surface area contributed by atoms with Crippen LogP contribution >= 0.6 is 12.2 Å². The van der Waals surface area contributed by atoms with Gasteiger partial charge in [0.15, 0.2) is 10.9 Å². The van der Waals surface area contributed by atoms with Crippen LogP contribution in [0.15, 0.2) is 41.5 Å². The first-order valence-electron chi connectivity index (χ1n) is 9.39. The molecule has 2 N–H and O–H groups in total. The first kappa shape index (κ1) is 17.9. The molecule has 3 heterocycles. The van der Waals surface area contributed by atoms with E-state index in [-0.39, 0.29) is 6.04 Å². The van der Waals surface area contributed by atoms with E-state index in [4.69, 9.17) is 12.2 Å². The van der Waals surface area contributed by atoms with Crippen molar-refractivity contribution < 1.29 is 0 Å². The molecule has 1 fully saturated rings. The second-order valence-corrected chi connectivity index (χ2v) is 7.70. The molecule has 6 nitrogen and oxygen atoms in total. The van der Waals surface area contributed by atoms with Crippen molar-refractivity contribution in [3.8, 4) is 0 Å². The zero-order valence-corrected chi connectivity index (χ0v) is 16.5. The van der Waals surface area contributed by atoms with E-state index in [1.807, 2.05) is 44.2 Å². The van der Waals surface area contributed by atoms with Crippen LogP contribution in [0.25, 0.3) is 0 Å². The fourth-order valence-electron chi connectivity index (χ4n) is 3.93. The molecule has 0 spiro atoms. The molecule has 0 saturated carbocycles. The van der Waals surface area contributed by atoms with Gasteiger partial charge in [-0.15, -0.1) is 5.10 Å². The van der Waals surface area contributed by atoms with Crippen LogP contribution < -0.4 is 10.7 Å². The molecule has 0 aliphatic carbocycles. The lowest BCUT2D eigenvalue weighted by molar-refractivity contribution is 0.150. The molecular formula is C20H24N6S. The van der Waals surface area contributed by atoms with Crippen LogP contribution in [0, 0.1) is 0 Å². The minimum absolute atomic E-state index is 0.235. The summed E-state index contributed by atoms with van der Waals surface area (Å²) in [6, 6.07) is 12.8. The Balaban J connectivity index is 1.61. The summed E-state index contributed by atoms with van der Waals surface area (Å²) < 4.78 is 0. The van der Waals surface area contributed by atoms with Gasteiger partial charge >= 0.3 is 0 Å². The van der Waals surface area contributed by atoms with Crippen molar-refractivity contribution in [2.24, 2.45) is 5.10 Å². The lowest BCUT2D eigenvalue weighted by atomic mass is 9.83. The van der Waals surface area contributed by atoms with Crippen molar-refractivity contribution in [1.29, 1.82) is 0 Å². The van der Waals surface area contributed by atoms with Gasteiger partial charge in [0, 0.05) is 29.4 Å². The van der Waals surface area contributed by atoms with Gasteiger partial charge in [0.1, 0.15) is 0 Å². The van der Waals surface area contributed by atoms with Gasteiger partial charge in [0.2, 0.25) is 0 Å². The molecule has 0 radical (unpaired) electrons. The highest BCUT2D eigenvalue weighted by Crippen LogP contribution is 2.42. The fourth-order valence-corrected chi connectivity index (χ4v) is 4.32. The van der Waals surface area contributed by atoms with E-state index in [0.717, 1.165) is 41.5 Å². The van der Waals surface area contributed by atoms with Crippen molar-refractivity contribution >= 4 is 34.5 Å². The lowest BCUT2D eigenvalue weighted by Crippen LogP contribution is -2.51. The molecule has 2 aliphatic rings. The van der Waals surface area contributed by atoms with Crippen molar-refractivity contribution in [2.75, 3.05) is 10.7 Å². The third-order valence-electron chi connectivity index (χ3n) is 5.09. The van der Waals surface area contributed by atoms with E-state index in [2.05, 4.69) is 37.0 Å². The molecule has 2 unspecified atom stereocenters. The van der Waals surface area contributed by atoms with Gasteiger partial charge in [-0.05, 0) is 63.5 Å². The maximum Gasteiger partial charge on any atom is 0.174 e. The second-order valence-electron chi connectivity index (χ2n) is 7.31. The number of hydrogen-bond acceptors (Lipinski definition) is 5. The number of rotatable bonds is 3. The van der Waals surface area contributed by atoms with E-state index in [1.54, 1.807) is 0 Å². The Morgan fingerprint density at radius 3 is 2.78 bits per heavy atom. The molecule has 1 aromatic carbocycles. The minimum atomic E-state index is 0.235. The van der Waals surface area contributed by atoms with E-state index in [9.17, 15) is 0 Å². The highest BCUT2D eigenvalue weighted by molar-refractivity contribution is 7.80. The molecule has 27 heavy (non-hydrogen) atoms. The number of thiocarbonyl (C=S) groups is 1. The van der Waals surface area contributed by atoms with E-state index in [0.29, 0.717) is 11.9 Å². The van der Waals surface area contributed by atoms with Gasteiger partial charge < -0.3 is 10.2 Å². The Bertz CT molecular complexity index is 862. The number of nitrogens with one attached hydrogen (secondary N) is 2. The van der Waals surface area contributed by atoms with Crippen LogP contribution in [-0.4, -0.2) is 32.0 Å². The van der Waals surface area contributed by atoms with Gasteiger partial charge in [-0.3, -0.25) is 5.43 Å². The van der Waals surface area contributed by atoms with Crippen molar-refractivity contribution in [1.82, 2.24) is 15.1 Å². The predicted molar refractivity (Wildman–Crippen MR) is 113 cm³/mol. The van der Waals surface area contributed by atoms with Crippen molar-refractivity contribution in [2.45, 2.75) is 51.6 Å². The van der Waals surface area contributed by atoms with Crippen LogP contribution in [0.1, 0.15) is 50.4 Å². The SMILES string of the molecule is CC(C)=NNc1cc2c(nn1)CC1CCCC2N1C(=S)Nc1ccccc1. The maximum absolute atomic E-state index is 5.80. The minimum Gasteiger partial charge on any atom is -0.339 e. The molecule has 1 aromatic heterocycles. The van der Waals surface area contributed by atoms with E-state index >= 15 is 0 Å². The monoisotopic (exact) mass is 380 g/mol. The molecule has 2 bridgehead atoms. The topological polar surface area (TPSA) is 65.4 Å². The summed E-state index contributed by atoms with van der Waals surface area (Å²) in [5, 5.41) is 17.2. The number of fused-ring (bicyclic) bond motifs is 4. The summed E-state index contributed by atoms with van der Waals surface area (Å²) in [5.41, 5.74) is 7.27. The highest BCUT2D eigenvalue weighted by Gasteiger charge is 2.39. The molecule has 2 atom stereocenters. The zero-order valence-electron chi connectivity index (χ0n) is 15.6. The molecular weight excluding hydrogens is 356 g/mol. The predicted octanol–water partition coefficient (Wildman–Crippen LogP) is 4.13. The third kappa shape index (κ3) is 3.78. The van der Waals surface area contributed by atoms with Gasteiger partial charge in [-0.1, -0.05) is 18.2 Å². The Morgan fingerprint density at radius 2 is 2.00 bits per heavy atom. The van der Waals surface area contributed by atoms with E-state index < -0.39 is 0 Å². The average molecular weight is 381 g/mol. The van der Waals surface area contributed by atoms with Crippen LogP contribution in [0.5, 0.6) is 0 Å². The van der Waals surface area contributed by atoms with Crippen molar-refractivity contribution in [3.05, 3.63) is 47.7 Å². The number of nitrogens with zero attached hydrogens (tertiary/aromatic N) is 4.